The van der Waals surface area contributed by atoms with E-state index in [9.17, 15) is 0 Å². The Morgan fingerprint density at radius 2 is 0.875 bits per heavy atom. The number of ether oxygens (including phenoxy) is 2. The van der Waals surface area contributed by atoms with E-state index in [2.05, 4.69) is 135 Å². The first-order chi connectivity index (χ1) is 30.4. The van der Waals surface area contributed by atoms with E-state index in [0.717, 1.165) is 65.8 Å². The third-order valence-corrected chi connectivity index (χ3v) is 15.3. The zero-order valence-corrected chi connectivity index (χ0v) is 47.7. The Morgan fingerprint density at radius 3 is 1.22 bits per heavy atom. The van der Waals surface area contributed by atoms with Crippen LogP contribution in [0.2, 0.25) is 0 Å². The molecule has 0 saturated carbocycles. The predicted molar refractivity (Wildman–Crippen MR) is 290 cm³/mol. The lowest BCUT2D eigenvalue weighted by molar-refractivity contribution is -0.890. The summed E-state index contributed by atoms with van der Waals surface area (Å²) in [6, 6.07) is 4.92. The van der Waals surface area contributed by atoms with Crippen molar-refractivity contribution < 1.29 is 18.4 Å². The molecule has 382 valence electrons. The second-order valence-corrected chi connectivity index (χ2v) is 21.9. The van der Waals surface area contributed by atoms with E-state index >= 15 is 0 Å². The number of rotatable bonds is 38. The molecule has 0 heterocycles. The van der Waals surface area contributed by atoms with E-state index < -0.39 is 0 Å². The first kappa shape index (κ1) is 64.8. The van der Waals surface area contributed by atoms with Gasteiger partial charge in [0.2, 0.25) is 0 Å². The summed E-state index contributed by atoms with van der Waals surface area (Å²) in [5.41, 5.74) is 3.05. The van der Waals surface area contributed by atoms with E-state index in [4.69, 9.17) is 9.47 Å². The van der Waals surface area contributed by atoms with Gasteiger partial charge in [0, 0.05) is 11.0 Å². The monoisotopic (exact) mass is 904 g/mol. The Hall–Kier alpha value is -1.30. The van der Waals surface area contributed by atoms with Crippen LogP contribution in [0.3, 0.4) is 0 Å². The van der Waals surface area contributed by atoms with Gasteiger partial charge in [-0.05, 0) is 145 Å². The maximum atomic E-state index is 6.96. The van der Waals surface area contributed by atoms with E-state index in [1.165, 1.54) is 159 Å². The number of hydrogen-bond acceptors (Lipinski definition) is 3. The van der Waals surface area contributed by atoms with Crippen LogP contribution >= 0.6 is 0 Å². The number of quaternary nitrogens is 2. The molecule has 0 N–H and O–H groups in total. The van der Waals surface area contributed by atoms with Crippen LogP contribution in [0.25, 0.3) is 0 Å². The molecule has 0 aliphatic heterocycles. The van der Waals surface area contributed by atoms with Gasteiger partial charge < -0.3 is 23.3 Å². The minimum atomic E-state index is 0.0602. The second-order valence-electron chi connectivity index (χ2n) is 21.9. The van der Waals surface area contributed by atoms with Crippen LogP contribution in [-0.4, -0.2) is 102 Å². The van der Waals surface area contributed by atoms with Crippen LogP contribution in [0, 0.1) is 17.3 Å². The molecule has 0 spiro atoms. The van der Waals surface area contributed by atoms with Crippen molar-refractivity contribution in [2.45, 2.75) is 243 Å². The van der Waals surface area contributed by atoms with Crippen molar-refractivity contribution in [2.24, 2.45) is 17.3 Å². The van der Waals surface area contributed by atoms with Crippen molar-refractivity contribution in [2.75, 3.05) is 88.2 Å². The quantitative estimate of drug-likeness (QED) is 0.0487. The number of unbranched alkanes of at least 4 members (excludes halogenated alkanes) is 13. The summed E-state index contributed by atoms with van der Waals surface area (Å²) in [5.74, 6) is 3.36. The Morgan fingerprint density at radius 1 is 0.484 bits per heavy atom. The van der Waals surface area contributed by atoms with Crippen molar-refractivity contribution in [3.63, 3.8) is 0 Å². The van der Waals surface area contributed by atoms with Gasteiger partial charge in [0.05, 0.1) is 67.6 Å². The van der Waals surface area contributed by atoms with E-state index in [1.54, 1.807) is 0 Å². The molecular weight excluding hydrogens is 783 g/mol. The molecule has 0 bridgehead atoms. The molecule has 0 amide bonds. The van der Waals surface area contributed by atoms with Crippen LogP contribution in [0.5, 0.6) is 11.5 Å². The first-order valence-electron chi connectivity index (χ1n) is 28.1. The highest BCUT2D eigenvalue weighted by Crippen LogP contribution is 2.48. The lowest BCUT2D eigenvalue weighted by Gasteiger charge is -2.40. The van der Waals surface area contributed by atoms with Gasteiger partial charge in [0.1, 0.15) is 11.5 Å². The fourth-order valence-electron chi connectivity index (χ4n) is 10.0. The third-order valence-electron chi connectivity index (χ3n) is 15.3. The number of nitrogens with zero attached hydrogens (tertiary/aromatic N) is 3. The van der Waals surface area contributed by atoms with Gasteiger partial charge in [0.25, 0.3) is 0 Å². The van der Waals surface area contributed by atoms with Crippen LogP contribution in [0.1, 0.15) is 242 Å². The molecule has 0 saturated heterocycles. The topological polar surface area (TPSA) is 21.7 Å². The molecule has 1 aromatic carbocycles. The number of hydrogen-bond donors (Lipinski definition) is 0. The van der Waals surface area contributed by atoms with E-state index in [1.807, 2.05) is 13.8 Å². The Bertz CT molecular complexity index is 1200. The molecule has 0 unspecified atom stereocenters. The van der Waals surface area contributed by atoms with Gasteiger partial charge in [0.15, 0.2) is 0 Å². The highest BCUT2D eigenvalue weighted by Gasteiger charge is 2.37. The minimum absolute atomic E-state index is 0.0602. The van der Waals surface area contributed by atoms with E-state index in [-0.39, 0.29) is 10.8 Å². The summed E-state index contributed by atoms with van der Waals surface area (Å²) < 4.78 is 16.1. The SMILES string of the molecule is CC.CCCCCCCC[N+](C)(C)CCCCOc1cc(C(CC)(CC)C(C)C)c(OCCCC[N+](C)(C)CCCCCCCC)cc1CC(CC)(CC)C(C)C.CCCCN(C)C. The van der Waals surface area contributed by atoms with E-state index in [0.29, 0.717) is 11.8 Å². The minimum Gasteiger partial charge on any atom is -0.493 e. The second kappa shape index (κ2) is 37.7. The Kier molecular flexibility index (Phi) is 38.1. The van der Waals surface area contributed by atoms with Gasteiger partial charge in [-0.25, -0.2) is 0 Å². The average molecular weight is 905 g/mol. The normalized spacial score (nSPS) is 12.4. The van der Waals surface area contributed by atoms with Crippen LogP contribution in [0.15, 0.2) is 12.1 Å². The summed E-state index contributed by atoms with van der Waals surface area (Å²) in [4.78, 5) is 2.21. The van der Waals surface area contributed by atoms with Gasteiger partial charge in [-0.2, -0.15) is 0 Å². The van der Waals surface area contributed by atoms with Gasteiger partial charge >= 0.3 is 0 Å². The van der Waals surface area contributed by atoms with Crippen LogP contribution in [0.4, 0.5) is 0 Å². The first-order valence-corrected chi connectivity index (χ1v) is 28.1. The lowest BCUT2D eigenvalue weighted by atomic mass is 9.66. The highest BCUT2D eigenvalue weighted by atomic mass is 16.5. The van der Waals surface area contributed by atoms with Gasteiger partial charge in [-0.1, -0.05) is 148 Å². The van der Waals surface area contributed by atoms with Gasteiger partial charge in [-0.15, -0.1) is 0 Å². The molecule has 0 fully saturated rings. The van der Waals surface area contributed by atoms with Gasteiger partial charge in [-0.3, -0.25) is 0 Å². The summed E-state index contributed by atoms with van der Waals surface area (Å²) in [5, 5.41) is 0. The molecule has 1 rings (SSSR count). The summed E-state index contributed by atoms with van der Waals surface area (Å²) in [7, 11) is 13.9. The molecule has 0 atom stereocenters. The van der Waals surface area contributed by atoms with Crippen molar-refractivity contribution in [3.05, 3.63) is 23.3 Å². The van der Waals surface area contributed by atoms with Crippen molar-refractivity contribution >= 4 is 0 Å². The zero-order valence-electron chi connectivity index (χ0n) is 47.7. The molecule has 5 nitrogen and oxygen atoms in total. The fraction of sp³-hybridized carbons (Fsp3) is 0.898. The smallest absolute Gasteiger partial charge is 0.123 e. The fourth-order valence-corrected chi connectivity index (χ4v) is 10.0. The predicted octanol–water partition coefficient (Wildman–Crippen LogP) is 17.0. The molecular formula is C59H121N3O2+2. The standard InChI is InChI=1S/C51H100N2O2.C6H15N.C2H6/c1-15-21-23-25-27-29-35-52(11,12)37-31-33-39-54-48-42-47(51(19-5,20-6)45(9)10)49(41-46(48)43-50(17-3,18-4)44(7)8)55-40-34-32-38-53(13,14)36-30-28-26-24-22-16-2;1-4-5-6-7(2)3;1-2/h41-42,44-45H,15-40,43H2,1-14H3;4-6H2,1-3H3;1-2H3/q+2;;. The Balaban J connectivity index is 0. The summed E-state index contributed by atoms with van der Waals surface area (Å²) in [6.07, 6.45) is 29.4. The molecule has 5 heteroatoms. The zero-order chi connectivity index (χ0) is 49.1. The third kappa shape index (κ3) is 26.9. The van der Waals surface area contributed by atoms with Crippen LogP contribution < -0.4 is 9.47 Å². The lowest BCUT2D eigenvalue weighted by Crippen LogP contribution is -2.41. The van der Waals surface area contributed by atoms with Crippen molar-refractivity contribution in [3.8, 4) is 11.5 Å². The number of benzene rings is 1. The molecule has 64 heavy (non-hydrogen) atoms. The summed E-state index contributed by atoms with van der Waals surface area (Å²) >= 11 is 0. The average Bonchev–Trinajstić information content (AvgIpc) is 3.26. The molecule has 0 aromatic heterocycles. The molecule has 0 aliphatic carbocycles. The van der Waals surface area contributed by atoms with Crippen molar-refractivity contribution in [1.29, 1.82) is 0 Å². The Labute approximate surface area is 405 Å². The van der Waals surface area contributed by atoms with Crippen molar-refractivity contribution in [1.82, 2.24) is 4.90 Å². The molecule has 1 aromatic rings. The highest BCUT2D eigenvalue weighted by molar-refractivity contribution is 5.51. The maximum Gasteiger partial charge on any atom is 0.123 e. The summed E-state index contributed by atoms with van der Waals surface area (Å²) in [6.45, 7) is 37.9. The van der Waals surface area contributed by atoms with Crippen LogP contribution in [-0.2, 0) is 11.8 Å². The maximum absolute atomic E-state index is 6.96. The largest absolute Gasteiger partial charge is 0.493 e. The molecule has 0 radical (unpaired) electrons. The molecule has 0 aliphatic rings.